The van der Waals surface area contributed by atoms with E-state index in [1.165, 1.54) is 0 Å². The van der Waals surface area contributed by atoms with E-state index in [2.05, 4.69) is 11.4 Å². The van der Waals surface area contributed by atoms with Crippen LogP contribution in [-0.2, 0) is 14.3 Å². The van der Waals surface area contributed by atoms with Gasteiger partial charge in [0.15, 0.2) is 11.5 Å². The van der Waals surface area contributed by atoms with Crippen LogP contribution in [0.4, 0.5) is 0 Å². The highest BCUT2D eigenvalue weighted by molar-refractivity contribution is 6.30. The number of fused-ring (bicyclic) bond motifs is 1. The number of allylic oxidation sites excluding steroid dienone is 3. The van der Waals surface area contributed by atoms with Crippen LogP contribution in [0.5, 0.6) is 11.5 Å². The van der Waals surface area contributed by atoms with Gasteiger partial charge in [-0.25, -0.2) is 4.79 Å². The van der Waals surface area contributed by atoms with Gasteiger partial charge in [-0.05, 0) is 55.2 Å². The molecule has 2 aliphatic rings. The number of Topliss-reactive ketones (excluding diaryl/α,β-unsaturated/α-hetero) is 1. The van der Waals surface area contributed by atoms with Gasteiger partial charge in [0, 0.05) is 34.7 Å². The van der Waals surface area contributed by atoms with Crippen LogP contribution in [0.3, 0.4) is 0 Å². The Balaban J connectivity index is 1.81. The standard InChI is InChI=1S/C30H34ClNO5/c1-6-36-25-12-9-20(15-26(25)35-5)28-27(30(34)37-16-17(2)3)18(4)32-23-13-21(14-24(33)29(23)28)19-7-10-22(31)11-8-19/h7-13,15,17,21,28-29,32H,6,14,16H2,1-5H3. The zero-order chi connectivity index (χ0) is 26.7. The largest absolute Gasteiger partial charge is 0.493 e. The molecular weight excluding hydrogens is 490 g/mol. The number of hydrogen-bond acceptors (Lipinski definition) is 6. The van der Waals surface area contributed by atoms with Crippen LogP contribution < -0.4 is 14.8 Å². The van der Waals surface area contributed by atoms with E-state index in [-0.39, 0.29) is 17.6 Å². The summed E-state index contributed by atoms with van der Waals surface area (Å²) in [5, 5.41) is 4.03. The zero-order valence-corrected chi connectivity index (χ0v) is 22.7. The molecule has 6 nitrogen and oxygen atoms in total. The first-order valence-corrected chi connectivity index (χ1v) is 13.1. The highest BCUT2D eigenvalue weighted by atomic mass is 35.5. The molecule has 0 bridgehead atoms. The van der Waals surface area contributed by atoms with E-state index in [4.69, 9.17) is 25.8 Å². The number of carbonyl (C=O) groups excluding carboxylic acids is 2. The van der Waals surface area contributed by atoms with E-state index < -0.39 is 17.8 Å². The first kappa shape index (κ1) is 26.8. The van der Waals surface area contributed by atoms with Crippen LogP contribution in [0.25, 0.3) is 0 Å². The first-order valence-electron chi connectivity index (χ1n) is 12.7. The normalized spacial score (nSPS) is 21.2. The maximum atomic E-state index is 13.8. The molecule has 0 saturated carbocycles. The summed E-state index contributed by atoms with van der Waals surface area (Å²) in [4.78, 5) is 27.2. The number of nitrogens with one attached hydrogen (secondary N) is 1. The molecule has 0 saturated heterocycles. The Labute approximate surface area is 223 Å². The lowest BCUT2D eigenvalue weighted by molar-refractivity contribution is -0.140. The molecule has 1 aliphatic carbocycles. The molecule has 37 heavy (non-hydrogen) atoms. The van der Waals surface area contributed by atoms with Crippen molar-refractivity contribution in [3.63, 3.8) is 0 Å². The minimum atomic E-state index is -0.545. The molecule has 7 heteroatoms. The van der Waals surface area contributed by atoms with Crippen molar-refractivity contribution >= 4 is 23.4 Å². The highest BCUT2D eigenvalue weighted by Gasteiger charge is 2.45. The fraction of sp³-hybridized carbons (Fsp3) is 0.400. The summed E-state index contributed by atoms with van der Waals surface area (Å²) in [5.74, 6) is -0.141. The van der Waals surface area contributed by atoms with Gasteiger partial charge < -0.3 is 19.5 Å². The van der Waals surface area contributed by atoms with Crippen molar-refractivity contribution in [3.05, 3.63) is 81.7 Å². The maximum Gasteiger partial charge on any atom is 0.336 e. The molecule has 1 N–H and O–H groups in total. The number of ether oxygens (including phenoxy) is 3. The second kappa shape index (κ2) is 11.4. The van der Waals surface area contributed by atoms with Crippen LogP contribution in [0.15, 0.2) is 65.5 Å². The number of carbonyl (C=O) groups is 2. The Hall–Kier alpha value is -3.25. The van der Waals surface area contributed by atoms with Crippen LogP contribution in [0.2, 0.25) is 5.02 Å². The van der Waals surface area contributed by atoms with Crippen molar-refractivity contribution in [2.45, 2.75) is 46.0 Å². The van der Waals surface area contributed by atoms with Gasteiger partial charge >= 0.3 is 5.97 Å². The first-order chi connectivity index (χ1) is 17.7. The summed E-state index contributed by atoms with van der Waals surface area (Å²) < 4.78 is 17.0. The number of methoxy groups -OCH3 is 1. The van der Waals surface area contributed by atoms with Crippen LogP contribution in [-0.4, -0.2) is 32.1 Å². The van der Waals surface area contributed by atoms with Gasteiger partial charge in [0.1, 0.15) is 5.78 Å². The van der Waals surface area contributed by atoms with E-state index in [1.807, 2.05) is 70.2 Å². The molecule has 0 fully saturated rings. The summed E-state index contributed by atoms with van der Waals surface area (Å²) in [6.07, 6.45) is 2.43. The van der Waals surface area contributed by atoms with Crippen molar-refractivity contribution in [1.82, 2.24) is 5.32 Å². The zero-order valence-electron chi connectivity index (χ0n) is 22.0. The topological polar surface area (TPSA) is 73.9 Å². The van der Waals surface area contributed by atoms with Crippen molar-refractivity contribution in [2.75, 3.05) is 20.3 Å². The van der Waals surface area contributed by atoms with E-state index in [1.54, 1.807) is 7.11 Å². The minimum Gasteiger partial charge on any atom is -0.493 e. The van der Waals surface area contributed by atoms with Crippen molar-refractivity contribution in [2.24, 2.45) is 11.8 Å². The minimum absolute atomic E-state index is 0.0597. The van der Waals surface area contributed by atoms with Gasteiger partial charge in [0.2, 0.25) is 0 Å². The highest BCUT2D eigenvalue weighted by Crippen LogP contribution is 2.47. The third kappa shape index (κ3) is 5.69. The van der Waals surface area contributed by atoms with E-state index in [0.717, 1.165) is 16.8 Å². The SMILES string of the molecule is CCOc1ccc(C2C(C(=O)OCC(C)C)=C(C)NC3=CC(c4ccc(Cl)cc4)CC(=O)C32)cc1OC. The Morgan fingerprint density at radius 3 is 2.43 bits per heavy atom. The molecule has 2 aromatic carbocycles. The lowest BCUT2D eigenvalue weighted by Crippen LogP contribution is -2.42. The quantitative estimate of drug-likeness (QED) is 0.417. The van der Waals surface area contributed by atoms with Crippen molar-refractivity contribution in [3.8, 4) is 11.5 Å². The molecule has 1 heterocycles. The number of halogens is 1. The molecule has 0 radical (unpaired) electrons. The monoisotopic (exact) mass is 523 g/mol. The van der Waals surface area contributed by atoms with Gasteiger partial charge in [-0.2, -0.15) is 0 Å². The van der Waals surface area contributed by atoms with Gasteiger partial charge in [-0.1, -0.05) is 49.7 Å². The number of benzene rings is 2. The summed E-state index contributed by atoms with van der Waals surface area (Å²) >= 11 is 6.08. The summed E-state index contributed by atoms with van der Waals surface area (Å²) in [5.41, 5.74) is 3.76. The summed E-state index contributed by atoms with van der Waals surface area (Å²) in [6.45, 7) is 8.54. The third-order valence-electron chi connectivity index (χ3n) is 6.78. The van der Waals surface area contributed by atoms with Gasteiger partial charge in [-0.3, -0.25) is 4.79 Å². The van der Waals surface area contributed by atoms with Gasteiger partial charge in [0.05, 0.1) is 31.8 Å². The molecule has 2 aromatic rings. The predicted octanol–water partition coefficient (Wildman–Crippen LogP) is 6.16. The second-order valence-corrected chi connectivity index (χ2v) is 10.3. The van der Waals surface area contributed by atoms with Gasteiger partial charge in [-0.15, -0.1) is 0 Å². The molecule has 1 aliphatic heterocycles. The third-order valence-corrected chi connectivity index (χ3v) is 7.03. The molecule has 0 amide bonds. The van der Waals surface area contributed by atoms with Crippen LogP contribution in [0.1, 0.15) is 57.1 Å². The Morgan fingerprint density at radius 1 is 1.08 bits per heavy atom. The van der Waals surface area contributed by atoms with Crippen molar-refractivity contribution < 1.29 is 23.8 Å². The molecule has 0 spiro atoms. The Morgan fingerprint density at radius 2 is 1.78 bits per heavy atom. The van der Waals surface area contributed by atoms with Crippen LogP contribution in [0, 0.1) is 11.8 Å². The van der Waals surface area contributed by atoms with E-state index >= 15 is 0 Å². The number of rotatable bonds is 8. The summed E-state index contributed by atoms with van der Waals surface area (Å²) in [6, 6.07) is 13.2. The van der Waals surface area contributed by atoms with Gasteiger partial charge in [0.25, 0.3) is 0 Å². The molecule has 3 atom stereocenters. The molecule has 0 aromatic heterocycles. The smallest absolute Gasteiger partial charge is 0.336 e. The molecule has 3 unspecified atom stereocenters. The molecule has 196 valence electrons. The maximum absolute atomic E-state index is 13.8. The lowest BCUT2D eigenvalue weighted by atomic mass is 9.68. The summed E-state index contributed by atoms with van der Waals surface area (Å²) in [7, 11) is 1.58. The van der Waals surface area contributed by atoms with E-state index in [9.17, 15) is 9.59 Å². The molecule has 4 rings (SSSR count). The van der Waals surface area contributed by atoms with E-state index in [0.29, 0.717) is 47.4 Å². The fourth-order valence-corrected chi connectivity index (χ4v) is 5.23. The number of esters is 1. The predicted molar refractivity (Wildman–Crippen MR) is 144 cm³/mol. The van der Waals surface area contributed by atoms with Crippen LogP contribution >= 0.6 is 11.6 Å². The second-order valence-electron chi connectivity index (χ2n) is 9.91. The fourth-order valence-electron chi connectivity index (χ4n) is 5.10. The average Bonchev–Trinajstić information content (AvgIpc) is 2.87. The molecular formula is C30H34ClNO5. The average molecular weight is 524 g/mol. The Bertz CT molecular complexity index is 1230. The van der Waals surface area contributed by atoms with Crippen molar-refractivity contribution in [1.29, 1.82) is 0 Å². The lowest BCUT2D eigenvalue weighted by Gasteiger charge is -2.39. The number of ketones is 1. The Kier molecular flexibility index (Phi) is 8.28. The number of hydrogen-bond donors (Lipinski definition) is 1.